The zero-order chi connectivity index (χ0) is 20.7. The van der Waals surface area contributed by atoms with Gasteiger partial charge < -0.3 is 11.1 Å². The quantitative estimate of drug-likeness (QED) is 0.399. The molecule has 0 atom stereocenters. The largest absolute Gasteiger partial charge is 0.381 e. The molecule has 29 heavy (non-hydrogen) atoms. The lowest BCUT2D eigenvalue weighted by Gasteiger charge is -2.12. The number of imidazole rings is 1. The van der Waals surface area contributed by atoms with Crippen molar-refractivity contribution in [3.63, 3.8) is 0 Å². The van der Waals surface area contributed by atoms with E-state index < -0.39 is 10.7 Å². The molecule has 0 radical (unpaired) electrons. The molecule has 0 spiro atoms. The van der Waals surface area contributed by atoms with Crippen molar-refractivity contribution < 1.29 is 9.31 Å². The van der Waals surface area contributed by atoms with Gasteiger partial charge in [0, 0.05) is 17.8 Å². The summed E-state index contributed by atoms with van der Waals surface area (Å²) in [4.78, 5) is 23.3. The summed E-state index contributed by atoms with van der Waals surface area (Å²) in [5.74, 6) is -0.714. The summed E-state index contributed by atoms with van der Waals surface area (Å²) in [6.45, 7) is 3.64. The number of fused-ring (bicyclic) bond motifs is 1. The molecule has 0 saturated heterocycles. The monoisotopic (exact) mass is 393 g/mol. The number of nitro groups is 1. The van der Waals surface area contributed by atoms with Gasteiger partial charge in [0.25, 0.3) is 5.69 Å². The van der Waals surface area contributed by atoms with E-state index >= 15 is 0 Å². The van der Waals surface area contributed by atoms with E-state index in [0.717, 1.165) is 5.56 Å². The van der Waals surface area contributed by atoms with Crippen LogP contribution in [-0.2, 0) is 0 Å². The summed E-state index contributed by atoms with van der Waals surface area (Å²) in [6, 6.07) is 11.6. The first-order valence-corrected chi connectivity index (χ1v) is 8.64. The van der Waals surface area contributed by atoms with E-state index in [1.807, 2.05) is 19.1 Å². The lowest BCUT2D eigenvalue weighted by Crippen LogP contribution is -2.10. The van der Waals surface area contributed by atoms with E-state index in [1.165, 1.54) is 22.8 Å². The fourth-order valence-corrected chi connectivity index (χ4v) is 2.96. The third kappa shape index (κ3) is 3.31. The van der Waals surface area contributed by atoms with Gasteiger partial charge in [0.15, 0.2) is 11.6 Å². The molecule has 0 aliphatic carbocycles. The maximum Gasteiger partial charge on any atom is 0.271 e. The predicted octanol–water partition coefficient (Wildman–Crippen LogP) is 3.81. The van der Waals surface area contributed by atoms with Crippen LogP contribution in [0.4, 0.5) is 27.4 Å². The van der Waals surface area contributed by atoms with Crippen LogP contribution < -0.4 is 11.1 Å². The molecule has 2 aromatic carbocycles. The van der Waals surface area contributed by atoms with Crippen LogP contribution >= 0.6 is 0 Å². The molecule has 10 heteroatoms. The first-order chi connectivity index (χ1) is 13.8. The highest BCUT2D eigenvalue weighted by atomic mass is 19.1. The van der Waals surface area contributed by atoms with Gasteiger partial charge in [0.1, 0.15) is 5.82 Å². The Hall–Kier alpha value is -4.08. The van der Waals surface area contributed by atoms with Crippen LogP contribution in [0, 0.1) is 29.8 Å². The number of rotatable bonds is 4. The molecule has 146 valence electrons. The number of halogens is 1. The van der Waals surface area contributed by atoms with E-state index in [0.29, 0.717) is 22.5 Å². The van der Waals surface area contributed by atoms with E-state index in [4.69, 9.17) is 5.73 Å². The normalized spacial score (nSPS) is 11.0. The number of anilines is 3. The second-order valence-corrected chi connectivity index (χ2v) is 6.49. The van der Waals surface area contributed by atoms with E-state index in [1.54, 1.807) is 19.1 Å². The molecule has 0 bridgehead atoms. The van der Waals surface area contributed by atoms with Gasteiger partial charge in [0.2, 0.25) is 11.8 Å². The Morgan fingerprint density at radius 1 is 1.10 bits per heavy atom. The molecule has 0 unspecified atom stereocenters. The summed E-state index contributed by atoms with van der Waals surface area (Å²) >= 11 is 0. The first kappa shape index (κ1) is 18.3. The highest BCUT2D eigenvalue weighted by Crippen LogP contribution is 2.27. The van der Waals surface area contributed by atoms with Crippen molar-refractivity contribution >= 4 is 34.0 Å². The molecule has 0 saturated carbocycles. The molecule has 9 nitrogen and oxygen atoms in total. The Balaban J connectivity index is 1.86. The predicted molar refractivity (Wildman–Crippen MR) is 107 cm³/mol. The molecular weight excluding hydrogens is 377 g/mol. The van der Waals surface area contributed by atoms with Crippen LogP contribution in [0.15, 0.2) is 42.5 Å². The van der Waals surface area contributed by atoms with Gasteiger partial charge in [-0.05, 0) is 32.0 Å². The minimum Gasteiger partial charge on any atom is -0.381 e. The number of nitrogens with two attached hydrogens (primary N) is 1. The summed E-state index contributed by atoms with van der Waals surface area (Å²) in [5.41, 5.74) is 8.29. The lowest BCUT2D eigenvalue weighted by molar-refractivity contribution is -0.384. The molecule has 0 fully saturated rings. The number of nitrogens with one attached hydrogen (secondary N) is 1. The SMILES string of the molecule is Cc1ccc(Nc2nc(-n3c(C)nc4ccc([N+](=O)[O-])cc43)nc(N)c2F)cc1. The Labute approximate surface area is 164 Å². The molecule has 4 aromatic rings. The Kier molecular flexibility index (Phi) is 4.30. The number of non-ortho nitro benzene ring substituents is 1. The van der Waals surface area contributed by atoms with Crippen LogP contribution in [0.25, 0.3) is 17.0 Å². The number of hydrogen-bond donors (Lipinski definition) is 2. The summed E-state index contributed by atoms with van der Waals surface area (Å²) in [6.07, 6.45) is 0. The maximum atomic E-state index is 14.5. The number of hydrogen-bond acceptors (Lipinski definition) is 7. The van der Waals surface area contributed by atoms with E-state index in [-0.39, 0.29) is 23.3 Å². The maximum absolute atomic E-state index is 14.5. The standard InChI is InChI=1S/C19H16FN7O2/c1-10-3-5-12(6-4-10)23-18-16(20)17(21)24-19(25-18)26-11(2)22-14-8-7-13(27(28)29)9-15(14)26/h3-9H,1-2H3,(H3,21,23,24,25). The summed E-state index contributed by atoms with van der Waals surface area (Å²) in [7, 11) is 0. The second-order valence-electron chi connectivity index (χ2n) is 6.49. The van der Waals surface area contributed by atoms with Crippen LogP contribution in [0.2, 0.25) is 0 Å². The highest BCUT2D eigenvalue weighted by molar-refractivity contribution is 5.80. The zero-order valence-corrected chi connectivity index (χ0v) is 15.5. The van der Waals surface area contributed by atoms with Crippen molar-refractivity contribution in [3.05, 3.63) is 69.8 Å². The molecule has 2 heterocycles. The highest BCUT2D eigenvalue weighted by Gasteiger charge is 2.19. The van der Waals surface area contributed by atoms with Gasteiger partial charge in [0.05, 0.1) is 16.0 Å². The molecular formula is C19H16FN7O2. The zero-order valence-electron chi connectivity index (χ0n) is 15.5. The summed E-state index contributed by atoms with van der Waals surface area (Å²) < 4.78 is 16.0. The molecule has 0 aliphatic heterocycles. The Bertz CT molecular complexity index is 1250. The average Bonchev–Trinajstić information content (AvgIpc) is 3.01. The number of aromatic nitrogens is 4. The van der Waals surface area contributed by atoms with E-state index in [2.05, 4.69) is 20.3 Å². The van der Waals surface area contributed by atoms with Crippen molar-refractivity contribution in [2.75, 3.05) is 11.1 Å². The van der Waals surface area contributed by atoms with Crippen LogP contribution in [-0.4, -0.2) is 24.4 Å². The fourth-order valence-electron chi connectivity index (χ4n) is 2.96. The topological polar surface area (TPSA) is 125 Å². The van der Waals surface area contributed by atoms with Crippen molar-refractivity contribution in [3.8, 4) is 5.95 Å². The molecule has 0 amide bonds. The molecule has 0 aliphatic rings. The number of nitro benzene ring substituents is 1. The van der Waals surface area contributed by atoms with Gasteiger partial charge in [-0.25, -0.2) is 4.98 Å². The molecule has 2 aromatic heterocycles. The Morgan fingerprint density at radius 3 is 2.52 bits per heavy atom. The first-order valence-electron chi connectivity index (χ1n) is 8.64. The minimum atomic E-state index is -0.789. The molecule has 4 rings (SSSR count). The van der Waals surface area contributed by atoms with Crippen molar-refractivity contribution in [1.29, 1.82) is 0 Å². The number of nitrogen functional groups attached to an aromatic ring is 1. The second kappa shape index (κ2) is 6.82. The van der Waals surface area contributed by atoms with Crippen molar-refractivity contribution in [1.82, 2.24) is 19.5 Å². The number of benzene rings is 2. The van der Waals surface area contributed by atoms with Gasteiger partial charge in [-0.1, -0.05) is 17.7 Å². The van der Waals surface area contributed by atoms with Crippen LogP contribution in [0.3, 0.4) is 0 Å². The van der Waals surface area contributed by atoms with Gasteiger partial charge >= 0.3 is 0 Å². The third-order valence-corrected chi connectivity index (χ3v) is 4.40. The van der Waals surface area contributed by atoms with Crippen LogP contribution in [0.5, 0.6) is 0 Å². The summed E-state index contributed by atoms with van der Waals surface area (Å²) in [5, 5.41) is 14.0. The van der Waals surface area contributed by atoms with Crippen molar-refractivity contribution in [2.24, 2.45) is 0 Å². The van der Waals surface area contributed by atoms with Crippen molar-refractivity contribution in [2.45, 2.75) is 13.8 Å². The van der Waals surface area contributed by atoms with Gasteiger partial charge in [-0.2, -0.15) is 14.4 Å². The minimum absolute atomic E-state index is 0.0546. The average molecular weight is 393 g/mol. The fraction of sp³-hybridized carbons (Fsp3) is 0.105. The van der Waals surface area contributed by atoms with E-state index in [9.17, 15) is 14.5 Å². The van der Waals surface area contributed by atoms with Crippen LogP contribution in [0.1, 0.15) is 11.4 Å². The smallest absolute Gasteiger partial charge is 0.271 e. The lowest BCUT2D eigenvalue weighted by atomic mass is 10.2. The Morgan fingerprint density at radius 2 is 1.83 bits per heavy atom. The number of aryl methyl sites for hydroxylation is 2. The molecule has 3 N–H and O–H groups in total. The van der Waals surface area contributed by atoms with Gasteiger partial charge in [-0.3, -0.25) is 14.7 Å². The third-order valence-electron chi connectivity index (χ3n) is 4.40. The number of nitrogens with zero attached hydrogens (tertiary/aromatic N) is 5. The van der Waals surface area contributed by atoms with Gasteiger partial charge in [-0.15, -0.1) is 0 Å².